The topological polar surface area (TPSA) is 106 Å². The van der Waals surface area contributed by atoms with Crippen molar-refractivity contribution in [3.8, 4) is 23.3 Å². The number of aromatic amines is 1. The van der Waals surface area contributed by atoms with E-state index in [1.165, 1.54) is 6.07 Å². The lowest BCUT2D eigenvalue weighted by Crippen LogP contribution is -2.17. The van der Waals surface area contributed by atoms with Crippen LogP contribution < -0.4 is 11.3 Å². The fraction of sp³-hybridized carbons (Fsp3) is 0. The van der Waals surface area contributed by atoms with E-state index in [1.54, 1.807) is 6.07 Å². The Morgan fingerprint density at radius 3 is 2.23 bits per heavy atom. The number of aromatic nitrogens is 1. The number of anilines is 1. The third-order valence-electron chi connectivity index (χ3n) is 2.83. The third-order valence-corrected chi connectivity index (χ3v) is 3.41. The number of hydrogen-bond donors (Lipinski definition) is 2. The number of halogens is 4. The summed E-state index contributed by atoms with van der Waals surface area (Å²) in [7, 11) is 0. The molecule has 1 aromatic heterocycles. The first kappa shape index (κ1) is 15.6. The average molecular weight is 369 g/mol. The number of rotatable bonds is 1. The number of nitrogens with two attached hydrogens (primary N) is 1. The molecule has 1 aromatic carbocycles. The zero-order valence-electron chi connectivity index (χ0n) is 10.5. The van der Waals surface area contributed by atoms with Gasteiger partial charge in [0, 0.05) is 5.56 Å². The molecule has 9 heteroatoms. The van der Waals surface area contributed by atoms with Gasteiger partial charge in [-0.1, -0.05) is 0 Å². The Labute approximate surface area is 129 Å². The van der Waals surface area contributed by atoms with Gasteiger partial charge in [-0.2, -0.15) is 10.5 Å². The minimum atomic E-state index is -1.64. The molecule has 110 valence electrons. The Morgan fingerprint density at radius 1 is 1.09 bits per heavy atom. The van der Waals surface area contributed by atoms with Crippen molar-refractivity contribution in [3.05, 3.63) is 49.5 Å². The van der Waals surface area contributed by atoms with Gasteiger partial charge in [0.25, 0.3) is 5.56 Å². The van der Waals surface area contributed by atoms with E-state index in [0.717, 1.165) is 0 Å². The van der Waals surface area contributed by atoms with Crippen LogP contribution in [0.2, 0.25) is 0 Å². The molecule has 0 aliphatic carbocycles. The maximum Gasteiger partial charge on any atom is 0.268 e. The molecule has 1 heterocycles. The van der Waals surface area contributed by atoms with Crippen LogP contribution in [0.15, 0.2) is 15.3 Å². The Balaban J connectivity index is 3.13. The summed E-state index contributed by atoms with van der Waals surface area (Å²) in [6.07, 6.45) is 0. The van der Waals surface area contributed by atoms with Crippen LogP contribution in [0.1, 0.15) is 11.1 Å². The van der Waals surface area contributed by atoms with E-state index >= 15 is 0 Å². The Morgan fingerprint density at radius 2 is 1.68 bits per heavy atom. The van der Waals surface area contributed by atoms with Gasteiger partial charge in [0.15, 0.2) is 11.6 Å². The highest BCUT2D eigenvalue weighted by Crippen LogP contribution is 2.36. The molecule has 0 atom stereocenters. The van der Waals surface area contributed by atoms with Crippen molar-refractivity contribution in [2.45, 2.75) is 0 Å². The third kappa shape index (κ3) is 2.22. The van der Waals surface area contributed by atoms with E-state index < -0.39 is 55.6 Å². The quantitative estimate of drug-likeness (QED) is 0.754. The summed E-state index contributed by atoms with van der Waals surface area (Å²) >= 11 is 2.69. The summed E-state index contributed by atoms with van der Waals surface area (Å²) in [5.41, 5.74) is 1.39. The van der Waals surface area contributed by atoms with Crippen LogP contribution in [0.5, 0.6) is 0 Å². The second-order valence-corrected chi connectivity index (χ2v) is 4.91. The standard InChI is InChI=1S/C13H4BrF3N4O/c14-6-1-7(15)11(17)9(10(6)16)8-4(2-18)12(20)21-13(22)5(8)3-19/h1H,(H3,20,21,22). The molecule has 0 fully saturated rings. The molecule has 0 unspecified atom stereocenters. The van der Waals surface area contributed by atoms with Crippen LogP contribution in [-0.4, -0.2) is 4.98 Å². The highest BCUT2D eigenvalue weighted by molar-refractivity contribution is 9.10. The highest BCUT2D eigenvalue weighted by atomic mass is 79.9. The molecule has 2 rings (SSSR count). The van der Waals surface area contributed by atoms with E-state index in [0.29, 0.717) is 6.07 Å². The largest absolute Gasteiger partial charge is 0.384 e. The van der Waals surface area contributed by atoms with Crippen molar-refractivity contribution in [2.24, 2.45) is 0 Å². The van der Waals surface area contributed by atoms with Gasteiger partial charge >= 0.3 is 0 Å². The molecule has 0 amide bonds. The fourth-order valence-electron chi connectivity index (χ4n) is 1.89. The van der Waals surface area contributed by atoms with Crippen molar-refractivity contribution in [1.29, 1.82) is 10.5 Å². The molecule has 0 saturated carbocycles. The van der Waals surface area contributed by atoms with Crippen LogP contribution >= 0.6 is 15.9 Å². The predicted molar refractivity (Wildman–Crippen MR) is 73.9 cm³/mol. The molecule has 0 aliphatic rings. The summed E-state index contributed by atoms with van der Waals surface area (Å²) in [4.78, 5) is 13.7. The van der Waals surface area contributed by atoms with Crippen molar-refractivity contribution in [3.63, 3.8) is 0 Å². The SMILES string of the molecule is N#Cc1c(N)[nH]c(=O)c(C#N)c1-c1c(F)c(F)cc(Br)c1F. The zero-order chi connectivity index (χ0) is 16.6. The van der Waals surface area contributed by atoms with E-state index in [-0.39, 0.29) is 0 Å². The Hall–Kier alpha value is -2.78. The molecule has 0 spiro atoms. The lowest BCUT2D eigenvalue weighted by molar-refractivity contribution is 0.497. The molecule has 3 N–H and O–H groups in total. The smallest absolute Gasteiger partial charge is 0.268 e. The van der Waals surface area contributed by atoms with Crippen molar-refractivity contribution in [2.75, 3.05) is 5.73 Å². The van der Waals surface area contributed by atoms with Crippen LogP contribution in [0.3, 0.4) is 0 Å². The average Bonchev–Trinajstić information content (AvgIpc) is 2.45. The van der Waals surface area contributed by atoms with Crippen LogP contribution in [-0.2, 0) is 0 Å². The number of pyridine rings is 1. The normalized spacial score (nSPS) is 10.1. The van der Waals surface area contributed by atoms with Gasteiger partial charge in [0.1, 0.15) is 34.9 Å². The van der Waals surface area contributed by atoms with E-state index in [9.17, 15) is 18.0 Å². The van der Waals surface area contributed by atoms with Gasteiger partial charge in [0.2, 0.25) is 0 Å². The minimum Gasteiger partial charge on any atom is -0.384 e. The maximum absolute atomic E-state index is 14.2. The summed E-state index contributed by atoms with van der Waals surface area (Å²) in [5.74, 6) is -4.81. The first-order valence-corrected chi connectivity index (χ1v) is 6.32. The molecule has 0 bridgehead atoms. The fourth-order valence-corrected chi connectivity index (χ4v) is 2.29. The van der Waals surface area contributed by atoms with Crippen molar-refractivity contribution >= 4 is 21.7 Å². The van der Waals surface area contributed by atoms with Gasteiger partial charge in [-0.15, -0.1) is 0 Å². The Bertz CT molecular complexity index is 914. The first-order valence-electron chi connectivity index (χ1n) is 5.52. The van der Waals surface area contributed by atoms with Crippen LogP contribution in [0, 0.1) is 40.1 Å². The maximum atomic E-state index is 14.2. The van der Waals surface area contributed by atoms with Gasteiger partial charge < -0.3 is 10.7 Å². The zero-order valence-corrected chi connectivity index (χ0v) is 12.1. The number of nitrogen functional groups attached to an aromatic ring is 1. The lowest BCUT2D eigenvalue weighted by atomic mass is 9.95. The predicted octanol–water partition coefficient (Wildman–Crippen LogP) is 2.55. The molecule has 0 saturated heterocycles. The summed E-state index contributed by atoms with van der Waals surface area (Å²) < 4.78 is 41.3. The van der Waals surface area contributed by atoms with Gasteiger partial charge in [-0.05, 0) is 22.0 Å². The highest BCUT2D eigenvalue weighted by Gasteiger charge is 2.27. The van der Waals surface area contributed by atoms with Gasteiger partial charge in [-0.25, -0.2) is 13.2 Å². The van der Waals surface area contributed by atoms with Crippen LogP contribution in [0.4, 0.5) is 19.0 Å². The van der Waals surface area contributed by atoms with Crippen molar-refractivity contribution in [1.82, 2.24) is 4.98 Å². The van der Waals surface area contributed by atoms with Gasteiger partial charge in [0.05, 0.1) is 10.0 Å². The molecule has 2 aromatic rings. The molecule has 5 nitrogen and oxygen atoms in total. The summed E-state index contributed by atoms with van der Waals surface area (Å²) in [6.45, 7) is 0. The number of nitrogens with one attached hydrogen (secondary N) is 1. The summed E-state index contributed by atoms with van der Waals surface area (Å²) in [6, 6.07) is 3.52. The molecule has 0 radical (unpaired) electrons. The monoisotopic (exact) mass is 368 g/mol. The minimum absolute atomic E-state index is 0.437. The summed E-state index contributed by atoms with van der Waals surface area (Å²) in [5, 5.41) is 18.1. The van der Waals surface area contributed by atoms with Crippen LogP contribution in [0.25, 0.3) is 11.1 Å². The lowest BCUT2D eigenvalue weighted by Gasteiger charge is -2.12. The number of nitriles is 2. The number of nitrogens with zero attached hydrogens (tertiary/aromatic N) is 2. The second kappa shape index (κ2) is 5.54. The Kier molecular flexibility index (Phi) is 3.93. The second-order valence-electron chi connectivity index (χ2n) is 4.06. The van der Waals surface area contributed by atoms with E-state index in [2.05, 4.69) is 15.9 Å². The molecule has 22 heavy (non-hydrogen) atoms. The first-order chi connectivity index (χ1) is 10.3. The number of H-pyrrole nitrogens is 1. The molecule has 0 aliphatic heterocycles. The number of benzene rings is 1. The molecular weight excluding hydrogens is 365 g/mol. The van der Waals surface area contributed by atoms with E-state index in [4.69, 9.17) is 16.3 Å². The van der Waals surface area contributed by atoms with Crippen molar-refractivity contribution < 1.29 is 13.2 Å². The van der Waals surface area contributed by atoms with E-state index in [1.807, 2.05) is 4.98 Å². The molecular formula is C13H4BrF3N4O. The van der Waals surface area contributed by atoms with Gasteiger partial charge in [-0.3, -0.25) is 4.79 Å². The number of hydrogen-bond acceptors (Lipinski definition) is 4.